The van der Waals surface area contributed by atoms with E-state index < -0.39 is 0 Å². The molecule has 0 atom stereocenters. The maximum Gasteiger partial charge on any atom is 0.0639 e. The van der Waals surface area contributed by atoms with Crippen molar-refractivity contribution in [1.29, 1.82) is 0 Å². The third-order valence-corrected chi connectivity index (χ3v) is 4.93. The largest absolute Gasteiger partial charge is 0.368 e. The van der Waals surface area contributed by atoms with Gasteiger partial charge in [0.05, 0.1) is 10.7 Å². The van der Waals surface area contributed by atoms with Crippen molar-refractivity contribution in [3.05, 3.63) is 29.3 Å². The van der Waals surface area contributed by atoms with Gasteiger partial charge in [-0.05, 0) is 24.3 Å². The van der Waals surface area contributed by atoms with Crippen LogP contribution < -0.4 is 4.90 Å². The summed E-state index contributed by atoms with van der Waals surface area (Å²) in [6.45, 7) is 6.70. The van der Waals surface area contributed by atoms with Crippen LogP contribution in [0.4, 0.5) is 5.69 Å². The molecule has 4 heteroatoms. The van der Waals surface area contributed by atoms with Gasteiger partial charge in [-0.3, -0.25) is 4.90 Å². The van der Waals surface area contributed by atoms with Crippen LogP contribution in [0.25, 0.3) is 0 Å². The van der Waals surface area contributed by atoms with E-state index in [9.17, 15) is 0 Å². The Morgan fingerprint density at radius 2 is 1.89 bits per heavy atom. The lowest BCUT2D eigenvalue weighted by Gasteiger charge is -2.36. The molecule has 19 heavy (non-hydrogen) atoms. The highest BCUT2D eigenvalue weighted by Crippen LogP contribution is 2.26. The first-order valence-corrected chi connectivity index (χ1v) is 8.64. The highest BCUT2D eigenvalue weighted by atomic mass is 35.5. The number of halogens is 1. The maximum atomic E-state index is 6.25. The molecular formula is C15H23ClN2S. The smallest absolute Gasteiger partial charge is 0.0639 e. The van der Waals surface area contributed by atoms with Crippen LogP contribution in [0.3, 0.4) is 0 Å². The Bertz CT molecular complexity index is 378. The summed E-state index contributed by atoms with van der Waals surface area (Å²) in [4.78, 5) is 4.95. The molecule has 0 N–H and O–H groups in total. The molecule has 106 valence electrons. The van der Waals surface area contributed by atoms with Crippen molar-refractivity contribution in [2.75, 3.05) is 42.7 Å². The summed E-state index contributed by atoms with van der Waals surface area (Å²) in [6, 6.07) is 8.15. The van der Waals surface area contributed by atoms with Crippen molar-refractivity contribution < 1.29 is 0 Å². The number of piperazine rings is 1. The van der Waals surface area contributed by atoms with E-state index in [-0.39, 0.29) is 0 Å². The molecule has 1 aliphatic heterocycles. The Labute approximate surface area is 126 Å². The molecule has 1 aromatic carbocycles. The van der Waals surface area contributed by atoms with E-state index >= 15 is 0 Å². The average molecular weight is 299 g/mol. The van der Waals surface area contributed by atoms with E-state index in [1.54, 1.807) is 0 Å². The molecule has 1 aromatic rings. The molecule has 1 fully saturated rings. The highest BCUT2D eigenvalue weighted by molar-refractivity contribution is 7.99. The Morgan fingerprint density at radius 1 is 1.16 bits per heavy atom. The van der Waals surface area contributed by atoms with Crippen molar-refractivity contribution in [1.82, 2.24) is 4.90 Å². The first-order chi connectivity index (χ1) is 9.31. The monoisotopic (exact) mass is 298 g/mol. The number of unbranched alkanes of at least 4 members (excludes halogenated alkanes) is 1. The first-order valence-electron chi connectivity index (χ1n) is 7.11. The molecule has 0 bridgehead atoms. The molecule has 2 nitrogen and oxygen atoms in total. The summed E-state index contributed by atoms with van der Waals surface area (Å²) < 4.78 is 0. The quantitative estimate of drug-likeness (QED) is 0.734. The van der Waals surface area contributed by atoms with E-state index in [4.69, 9.17) is 11.6 Å². The zero-order valence-electron chi connectivity index (χ0n) is 11.6. The van der Waals surface area contributed by atoms with Crippen LogP contribution in [-0.4, -0.2) is 42.7 Å². The molecular weight excluding hydrogens is 276 g/mol. The van der Waals surface area contributed by atoms with Gasteiger partial charge in [0.1, 0.15) is 0 Å². The summed E-state index contributed by atoms with van der Waals surface area (Å²) in [5, 5.41) is 0.869. The van der Waals surface area contributed by atoms with Gasteiger partial charge in [0.25, 0.3) is 0 Å². The fourth-order valence-corrected chi connectivity index (χ4v) is 3.66. The van der Waals surface area contributed by atoms with E-state index in [1.165, 1.54) is 30.2 Å². The van der Waals surface area contributed by atoms with Crippen LogP contribution in [0.1, 0.15) is 19.8 Å². The number of hydrogen-bond acceptors (Lipinski definition) is 3. The van der Waals surface area contributed by atoms with E-state index in [2.05, 4.69) is 40.6 Å². The lowest BCUT2D eigenvalue weighted by molar-refractivity contribution is 0.301. The van der Waals surface area contributed by atoms with Crippen LogP contribution in [0.5, 0.6) is 0 Å². The number of thioether (sulfide) groups is 1. The van der Waals surface area contributed by atoms with Gasteiger partial charge < -0.3 is 4.90 Å². The Hall–Kier alpha value is -0.380. The van der Waals surface area contributed by atoms with E-state index in [0.717, 1.165) is 31.2 Å². The van der Waals surface area contributed by atoms with E-state index in [0.29, 0.717) is 0 Å². The minimum atomic E-state index is 0.869. The molecule has 0 unspecified atom stereocenters. The lowest BCUT2D eigenvalue weighted by atomic mass is 10.2. The molecule has 0 amide bonds. The standard InChI is InChI=1S/C15H23ClN2S/c1-2-3-12-19-13-17-8-10-18(11-9-17)15-7-5-4-6-14(15)16/h4-7H,2-3,8-13H2,1H3. The number of nitrogens with zero attached hydrogens (tertiary/aromatic N) is 2. The van der Waals surface area contributed by atoms with Crippen molar-refractivity contribution >= 4 is 29.1 Å². The second-order valence-corrected chi connectivity index (χ2v) is 6.43. The number of benzene rings is 1. The third-order valence-electron chi connectivity index (χ3n) is 3.48. The summed E-state index contributed by atoms with van der Waals surface area (Å²) in [6.07, 6.45) is 2.64. The number of hydrogen-bond donors (Lipinski definition) is 0. The predicted octanol–water partition coefficient (Wildman–Crippen LogP) is 3.95. The molecule has 0 saturated carbocycles. The van der Waals surface area contributed by atoms with Gasteiger partial charge in [0.15, 0.2) is 0 Å². The van der Waals surface area contributed by atoms with Crippen LogP contribution in [0.2, 0.25) is 5.02 Å². The molecule has 2 rings (SSSR count). The second-order valence-electron chi connectivity index (χ2n) is 4.95. The second kappa shape index (κ2) is 8.03. The van der Waals surface area contributed by atoms with Crippen LogP contribution in [-0.2, 0) is 0 Å². The average Bonchev–Trinajstić information content (AvgIpc) is 2.45. The highest BCUT2D eigenvalue weighted by Gasteiger charge is 2.18. The number of anilines is 1. The number of rotatable bonds is 6. The van der Waals surface area contributed by atoms with E-state index in [1.807, 2.05) is 12.1 Å². The summed E-state index contributed by atoms with van der Waals surface area (Å²) in [7, 11) is 0. The molecule has 1 saturated heterocycles. The van der Waals surface area contributed by atoms with Gasteiger partial charge in [-0.15, -0.1) is 11.8 Å². The minimum absolute atomic E-state index is 0.869. The van der Waals surface area contributed by atoms with Crippen LogP contribution in [0.15, 0.2) is 24.3 Å². The van der Waals surface area contributed by atoms with Gasteiger partial charge in [-0.1, -0.05) is 37.1 Å². The molecule has 0 aromatic heterocycles. The fraction of sp³-hybridized carbons (Fsp3) is 0.600. The van der Waals surface area contributed by atoms with Crippen molar-refractivity contribution in [2.24, 2.45) is 0 Å². The zero-order valence-corrected chi connectivity index (χ0v) is 13.2. The van der Waals surface area contributed by atoms with Crippen molar-refractivity contribution in [2.45, 2.75) is 19.8 Å². The molecule has 0 radical (unpaired) electrons. The first kappa shape index (κ1) is 15.0. The van der Waals surface area contributed by atoms with Crippen molar-refractivity contribution in [3.63, 3.8) is 0 Å². The summed E-state index contributed by atoms with van der Waals surface area (Å²) in [5.74, 6) is 2.47. The van der Waals surface area contributed by atoms with Gasteiger partial charge in [0.2, 0.25) is 0 Å². The molecule has 1 heterocycles. The SMILES string of the molecule is CCCCSCN1CCN(c2ccccc2Cl)CC1. The van der Waals surface area contributed by atoms with Gasteiger partial charge in [0, 0.05) is 32.1 Å². The molecule has 0 aliphatic carbocycles. The predicted molar refractivity (Wildman–Crippen MR) is 87.5 cm³/mol. The van der Waals surface area contributed by atoms with Crippen molar-refractivity contribution in [3.8, 4) is 0 Å². The minimum Gasteiger partial charge on any atom is -0.368 e. The van der Waals surface area contributed by atoms with Gasteiger partial charge in [-0.25, -0.2) is 0 Å². The fourth-order valence-electron chi connectivity index (χ4n) is 2.27. The zero-order chi connectivity index (χ0) is 13.5. The summed E-state index contributed by atoms with van der Waals surface area (Å²) in [5.41, 5.74) is 1.18. The van der Waals surface area contributed by atoms with Gasteiger partial charge in [-0.2, -0.15) is 0 Å². The Kier molecular flexibility index (Phi) is 6.35. The lowest BCUT2D eigenvalue weighted by Crippen LogP contribution is -2.46. The topological polar surface area (TPSA) is 6.48 Å². The summed E-state index contributed by atoms with van der Waals surface area (Å²) >= 11 is 8.32. The normalized spacial score (nSPS) is 16.8. The third kappa shape index (κ3) is 4.59. The maximum absolute atomic E-state index is 6.25. The molecule has 0 spiro atoms. The van der Waals surface area contributed by atoms with Crippen LogP contribution in [0, 0.1) is 0 Å². The number of para-hydroxylation sites is 1. The molecule has 1 aliphatic rings. The van der Waals surface area contributed by atoms with Crippen LogP contribution >= 0.6 is 23.4 Å². The Balaban J connectivity index is 1.75. The Morgan fingerprint density at radius 3 is 2.58 bits per heavy atom. The van der Waals surface area contributed by atoms with Gasteiger partial charge >= 0.3 is 0 Å².